The molecule has 3 N–H and O–H groups in total. The van der Waals surface area contributed by atoms with Crippen molar-refractivity contribution in [3.8, 4) is 0 Å². The number of carbonyl (C=O) groups is 1. The summed E-state index contributed by atoms with van der Waals surface area (Å²) in [6, 6.07) is 2.97. The van der Waals surface area contributed by atoms with Gasteiger partial charge < -0.3 is 10.8 Å². The summed E-state index contributed by atoms with van der Waals surface area (Å²) in [5.41, 5.74) is 4.60. The van der Waals surface area contributed by atoms with Crippen molar-refractivity contribution in [2.24, 2.45) is 5.73 Å². The molecule has 0 radical (unpaired) electrons. The smallest absolute Gasteiger partial charge is 0.324 e. The highest BCUT2D eigenvalue weighted by atomic mass is 35.5. The Morgan fingerprint density at radius 3 is 2.26 bits per heavy atom. The third-order valence-corrected chi connectivity index (χ3v) is 2.84. The van der Waals surface area contributed by atoms with Gasteiger partial charge in [0.25, 0.3) is 0 Å². The molecule has 1 atom stereocenters. The van der Waals surface area contributed by atoms with E-state index < -0.39 is 23.1 Å². The van der Waals surface area contributed by atoms with Crippen LogP contribution in [0, 0.1) is 11.6 Å². The molecular weight excluding hydrogens is 276 g/mol. The fraction of sp³-hybridized carbons (Fsp3) is 0.462. The first kappa shape index (κ1) is 17.8. The Labute approximate surface area is 117 Å². The second-order valence-corrected chi connectivity index (χ2v) is 4.52. The molecule has 0 saturated heterocycles. The molecule has 1 rings (SSSR count). The van der Waals surface area contributed by atoms with Crippen molar-refractivity contribution in [2.45, 2.75) is 38.1 Å². The van der Waals surface area contributed by atoms with Gasteiger partial charge in [-0.3, -0.25) is 4.79 Å². The minimum atomic E-state index is -1.48. The van der Waals surface area contributed by atoms with Gasteiger partial charge in [-0.1, -0.05) is 19.8 Å². The molecule has 0 spiro atoms. The summed E-state index contributed by atoms with van der Waals surface area (Å²) in [5, 5.41) is 9.15. The molecule has 0 fully saturated rings. The maximum Gasteiger partial charge on any atom is 0.324 e. The Bertz CT molecular complexity index is 422. The number of hydrogen-bond donors (Lipinski definition) is 2. The lowest BCUT2D eigenvalue weighted by molar-refractivity contribution is -0.143. The van der Waals surface area contributed by atoms with E-state index in [-0.39, 0.29) is 30.8 Å². The number of halogens is 3. The first-order chi connectivity index (χ1) is 8.37. The van der Waals surface area contributed by atoms with Gasteiger partial charge in [0.2, 0.25) is 0 Å². The number of aliphatic carboxylic acids is 1. The molecule has 108 valence electrons. The minimum absolute atomic E-state index is 0. The molecule has 1 aromatic rings. The van der Waals surface area contributed by atoms with Gasteiger partial charge in [0.05, 0.1) is 0 Å². The summed E-state index contributed by atoms with van der Waals surface area (Å²) in [6.45, 7) is 1.92. The van der Waals surface area contributed by atoms with Crippen LogP contribution in [0.5, 0.6) is 0 Å². The van der Waals surface area contributed by atoms with Crippen LogP contribution in [0.2, 0.25) is 0 Å². The van der Waals surface area contributed by atoms with Crippen molar-refractivity contribution in [3.05, 3.63) is 35.4 Å². The number of hydrogen-bond acceptors (Lipinski definition) is 2. The number of benzene rings is 1. The van der Waals surface area contributed by atoms with Crippen molar-refractivity contribution in [2.75, 3.05) is 0 Å². The van der Waals surface area contributed by atoms with E-state index in [4.69, 9.17) is 10.8 Å². The van der Waals surface area contributed by atoms with Gasteiger partial charge in [-0.05, 0) is 24.1 Å². The van der Waals surface area contributed by atoms with Crippen LogP contribution >= 0.6 is 12.4 Å². The van der Waals surface area contributed by atoms with E-state index >= 15 is 0 Å². The topological polar surface area (TPSA) is 63.3 Å². The molecule has 0 bridgehead atoms. The number of carboxylic acid groups (broad SMARTS) is 1. The zero-order valence-corrected chi connectivity index (χ0v) is 11.5. The maximum absolute atomic E-state index is 13.0. The molecule has 0 saturated carbocycles. The van der Waals surface area contributed by atoms with E-state index in [1.807, 2.05) is 6.92 Å². The second kappa shape index (κ2) is 7.40. The predicted octanol–water partition coefficient (Wildman–Crippen LogP) is 2.90. The Hall–Kier alpha value is -1.20. The Balaban J connectivity index is 0.00000324. The van der Waals surface area contributed by atoms with Crippen molar-refractivity contribution in [3.63, 3.8) is 0 Å². The van der Waals surface area contributed by atoms with Crippen LogP contribution in [0.15, 0.2) is 18.2 Å². The second-order valence-electron chi connectivity index (χ2n) is 4.52. The van der Waals surface area contributed by atoms with Crippen LogP contribution in [-0.4, -0.2) is 16.6 Å². The summed E-state index contributed by atoms with van der Waals surface area (Å²) in [6.07, 6.45) is 1.65. The van der Waals surface area contributed by atoms with Gasteiger partial charge in [0.15, 0.2) is 0 Å². The Kier molecular flexibility index (Phi) is 6.94. The fourth-order valence-electron chi connectivity index (χ4n) is 1.84. The minimum Gasteiger partial charge on any atom is -0.480 e. The van der Waals surface area contributed by atoms with Crippen LogP contribution in [0.3, 0.4) is 0 Å². The molecule has 1 aromatic carbocycles. The molecule has 0 aliphatic heterocycles. The Morgan fingerprint density at radius 1 is 1.32 bits per heavy atom. The van der Waals surface area contributed by atoms with E-state index in [1.54, 1.807) is 0 Å². The zero-order chi connectivity index (χ0) is 13.8. The van der Waals surface area contributed by atoms with Crippen LogP contribution in [0.25, 0.3) is 0 Å². The lowest BCUT2D eigenvalue weighted by Crippen LogP contribution is -2.49. The van der Waals surface area contributed by atoms with E-state index in [0.717, 1.165) is 24.6 Å². The maximum atomic E-state index is 13.0. The molecule has 6 heteroatoms. The van der Waals surface area contributed by atoms with Crippen LogP contribution in [-0.2, 0) is 11.2 Å². The number of unbranched alkanes of at least 4 members (excludes halogenated alkanes) is 1. The molecule has 3 nitrogen and oxygen atoms in total. The van der Waals surface area contributed by atoms with Gasteiger partial charge in [0.1, 0.15) is 17.2 Å². The van der Waals surface area contributed by atoms with Crippen LogP contribution in [0.1, 0.15) is 31.7 Å². The molecule has 19 heavy (non-hydrogen) atoms. The zero-order valence-electron chi connectivity index (χ0n) is 10.7. The quantitative estimate of drug-likeness (QED) is 0.847. The first-order valence-corrected chi connectivity index (χ1v) is 5.84. The highest BCUT2D eigenvalue weighted by molar-refractivity contribution is 5.85. The third-order valence-electron chi connectivity index (χ3n) is 2.84. The Morgan fingerprint density at radius 2 is 1.84 bits per heavy atom. The van der Waals surface area contributed by atoms with Gasteiger partial charge in [-0.2, -0.15) is 0 Å². The van der Waals surface area contributed by atoms with Gasteiger partial charge >= 0.3 is 5.97 Å². The molecule has 0 amide bonds. The monoisotopic (exact) mass is 293 g/mol. The molecular formula is C13H18ClF2NO2. The van der Waals surface area contributed by atoms with E-state index in [2.05, 4.69) is 0 Å². The number of carboxylic acids is 1. The average Bonchev–Trinajstić information content (AvgIpc) is 2.24. The highest BCUT2D eigenvalue weighted by Crippen LogP contribution is 2.20. The standard InChI is InChI=1S/C13H17F2NO2.ClH/c1-2-3-4-13(16,12(17)18)8-9-5-10(14)7-11(15)6-9;/h5-7H,2-4,8,16H2,1H3,(H,17,18);1H/t13-;/m0./s1. The van der Waals surface area contributed by atoms with Crippen molar-refractivity contribution < 1.29 is 18.7 Å². The average molecular weight is 294 g/mol. The molecule has 0 heterocycles. The van der Waals surface area contributed by atoms with Crippen molar-refractivity contribution in [1.29, 1.82) is 0 Å². The van der Waals surface area contributed by atoms with Crippen LogP contribution in [0.4, 0.5) is 8.78 Å². The third kappa shape index (κ3) is 5.12. The summed E-state index contributed by atoms with van der Waals surface area (Å²) in [7, 11) is 0. The SMILES string of the molecule is CCCC[C@](N)(Cc1cc(F)cc(F)c1)C(=O)O.Cl. The molecule has 0 aliphatic carbocycles. The van der Waals surface area contributed by atoms with Crippen molar-refractivity contribution >= 4 is 18.4 Å². The van der Waals surface area contributed by atoms with Gasteiger partial charge in [0, 0.05) is 12.5 Å². The first-order valence-electron chi connectivity index (χ1n) is 5.84. The normalized spacial score (nSPS) is 13.5. The lowest BCUT2D eigenvalue weighted by atomic mass is 9.87. The highest BCUT2D eigenvalue weighted by Gasteiger charge is 2.33. The number of nitrogens with two attached hydrogens (primary N) is 1. The summed E-state index contributed by atoms with van der Waals surface area (Å²) in [4.78, 5) is 11.2. The lowest BCUT2D eigenvalue weighted by Gasteiger charge is -2.24. The van der Waals surface area contributed by atoms with Crippen LogP contribution < -0.4 is 5.73 Å². The predicted molar refractivity (Wildman–Crippen MR) is 71.4 cm³/mol. The number of rotatable bonds is 6. The van der Waals surface area contributed by atoms with E-state index in [9.17, 15) is 13.6 Å². The van der Waals surface area contributed by atoms with Gasteiger partial charge in [-0.15, -0.1) is 12.4 Å². The summed E-state index contributed by atoms with van der Waals surface area (Å²) < 4.78 is 26.1. The van der Waals surface area contributed by atoms with E-state index in [1.165, 1.54) is 0 Å². The summed E-state index contributed by atoms with van der Waals surface area (Å²) >= 11 is 0. The van der Waals surface area contributed by atoms with Crippen molar-refractivity contribution in [1.82, 2.24) is 0 Å². The summed E-state index contributed by atoms with van der Waals surface area (Å²) in [5.74, 6) is -2.61. The fourth-order valence-corrected chi connectivity index (χ4v) is 1.84. The van der Waals surface area contributed by atoms with E-state index in [0.29, 0.717) is 6.42 Å². The molecule has 0 aromatic heterocycles. The van der Waals surface area contributed by atoms with Gasteiger partial charge in [-0.25, -0.2) is 8.78 Å². The largest absolute Gasteiger partial charge is 0.480 e. The molecule has 0 aliphatic rings. The molecule has 0 unspecified atom stereocenters.